The van der Waals surface area contributed by atoms with Crippen molar-refractivity contribution in [2.24, 2.45) is 0 Å². The van der Waals surface area contributed by atoms with Crippen LogP contribution in [0.1, 0.15) is 18.9 Å². The summed E-state index contributed by atoms with van der Waals surface area (Å²) in [5.74, 6) is 0. The van der Waals surface area contributed by atoms with Gasteiger partial charge in [-0.25, -0.2) is 0 Å². The van der Waals surface area contributed by atoms with Crippen molar-refractivity contribution in [1.82, 2.24) is 0 Å². The SMILES string of the molecule is CCC(O)/C(=C\[Si](C)(C)C)c1ccccc1. The third kappa shape index (κ3) is 3.95. The fourth-order valence-corrected chi connectivity index (χ4v) is 2.98. The molecule has 88 valence electrons. The van der Waals surface area contributed by atoms with Gasteiger partial charge in [0.25, 0.3) is 0 Å². The summed E-state index contributed by atoms with van der Waals surface area (Å²) < 4.78 is 0. The highest BCUT2D eigenvalue weighted by Crippen LogP contribution is 2.23. The Labute approximate surface area is 99.8 Å². The number of aliphatic hydroxyl groups is 1. The van der Waals surface area contributed by atoms with Gasteiger partial charge in [0.2, 0.25) is 0 Å². The van der Waals surface area contributed by atoms with Crippen LogP contribution in [0.3, 0.4) is 0 Å². The maximum Gasteiger partial charge on any atom is 0.0786 e. The standard InChI is InChI=1S/C14H22OSi/c1-5-14(15)13(11-16(2,3)4)12-9-7-6-8-10-12/h6-11,14-15H,5H2,1-4H3/b13-11-. The van der Waals surface area contributed by atoms with Gasteiger partial charge < -0.3 is 5.11 Å². The Morgan fingerprint density at radius 1 is 1.25 bits per heavy atom. The summed E-state index contributed by atoms with van der Waals surface area (Å²) in [6.45, 7) is 8.89. The summed E-state index contributed by atoms with van der Waals surface area (Å²) in [6.07, 6.45) is 0.430. The molecule has 0 aliphatic carbocycles. The van der Waals surface area contributed by atoms with Crippen molar-refractivity contribution in [2.45, 2.75) is 39.1 Å². The fourth-order valence-electron chi connectivity index (χ4n) is 1.69. The van der Waals surface area contributed by atoms with Gasteiger partial charge in [0.05, 0.1) is 14.2 Å². The maximum absolute atomic E-state index is 10.1. The molecular weight excluding hydrogens is 212 g/mol. The summed E-state index contributed by atoms with van der Waals surface area (Å²) in [5, 5.41) is 10.1. The highest BCUT2D eigenvalue weighted by Gasteiger charge is 2.16. The lowest BCUT2D eigenvalue weighted by atomic mass is 10.0. The minimum absolute atomic E-state index is 0.339. The molecule has 0 aliphatic heterocycles. The molecule has 0 fully saturated rings. The van der Waals surface area contributed by atoms with Crippen LogP contribution in [0.2, 0.25) is 19.6 Å². The first kappa shape index (κ1) is 13.2. The van der Waals surface area contributed by atoms with E-state index in [0.29, 0.717) is 0 Å². The zero-order valence-corrected chi connectivity index (χ0v) is 11.7. The van der Waals surface area contributed by atoms with E-state index in [0.717, 1.165) is 17.6 Å². The van der Waals surface area contributed by atoms with Crippen molar-refractivity contribution in [3.05, 3.63) is 41.6 Å². The van der Waals surface area contributed by atoms with Crippen LogP contribution >= 0.6 is 0 Å². The van der Waals surface area contributed by atoms with Crippen LogP contribution in [0, 0.1) is 0 Å². The summed E-state index contributed by atoms with van der Waals surface area (Å²) in [6, 6.07) is 10.2. The Bertz CT molecular complexity index is 349. The molecule has 16 heavy (non-hydrogen) atoms. The van der Waals surface area contributed by atoms with E-state index in [1.807, 2.05) is 25.1 Å². The zero-order valence-electron chi connectivity index (χ0n) is 10.7. The first-order chi connectivity index (χ1) is 7.44. The minimum atomic E-state index is -1.30. The molecule has 0 heterocycles. The molecule has 0 aliphatic rings. The van der Waals surface area contributed by atoms with E-state index in [4.69, 9.17) is 0 Å². The quantitative estimate of drug-likeness (QED) is 0.787. The first-order valence-electron chi connectivity index (χ1n) is 5.90. The molecule has 0 bridgehead atoms. The van der Waals surface area contributed by atoms with Crippen LogP contribution in [-0.4, -0.2) is 19.3 Å². The van der Waals surface area contributed by atoms with E-state index in [1.165, 1.54) is 0 Å². The fraction of sp³-hybridized carbons (Fsp3) is 0.429. The molecule has 0 aromatic heterocycles. The molecule has 1 N–H and O–H groups in total. The van der Waals surface area contributed by atoms with E-state index < -0.39 is 8.07 Å². The van der Waals surface area contributed by atoms with Gasteiger partial charge in [0.1, 0.15) is 0 Å². The maximum atomic E-state index is 10.1. The minimum Gasteiger partial charge on any atom is -0.388 e. The van der Waals surface area contributed by atoms with Crippen molar-refractivity contribution in [3.63, 3.8) is 0 Å². The molecule has 2 heteroatoms. The molecule has 0 spiro atoms. The van der Waals surface area contributed by atoms with Crippen LogP contribution in [0.25, 0.3) is 5.57 Å². The van der Waals surface area contributed by atoms with Crippen molar-refractivity contribution in [2.75, 3.05) is 0 Å². The molecule has 0 saturated carbocycles. The summed E-state index contributed by atoms with van der Waals surface area (Å²) in [7, 11) is -1.30. The zero-order chi connectivity index (χ0) is 12.2. The van der Waals surface area contributed by atoms with Gasteiger partial charge in [-0.15, -0.1) is 0 Å². The van der Waals surface area contributed by atoms with Crippen molar-refractivity contribution in [3.8, 4) is 0 Å². The van der Waals surface area contributed by atoms with E-state index >= 15 is 0 Å². The van der Waals surface area contributed by atoms with Crippen molar-refractivity contribution < 1.29 is 5.11 Å². The van der Waals surface area contributed by atoms with E-state index in [1.54, 1.807) is 0 Å². The van der Waals surface area contributed by atoms with Crippen molar-refractivity contribution >= 4 is 13.6 Å². The third-order valence-electron chi connectivity index (χ3n) is 2.44. The van der Waals surface area contributed by atoms with Gasteiger partial charge in [0.15, 0.2) is 0 Å². The molecule has 1 nitrogen and oxygen atoms in total. The van der Waals surface area contributed by atoms with Gasteiger partial charge in [-0.3, -0.25) is 0 Å². The van der Waals surface area contributed by atoms with Gasteiger partial charge in [-0.2, -0.15) is 0 Å². The Morgan fingerprint density at radius 2 is 1.81 bits per heavy atom. The smallest absolute Gasteiger partial charge is 0.0786 e. The molecule has 1 aromatic rings. The molecule has 0 radical (unpaired) electrons. The van der Waals surface area contributed by atoms with E-state index in [-0.39, 0.29) is 6.10 Å². The van der Waals surface area contributed by atoms with Gasteiger partial charge in [-0.05, 0) is 17.6 Å². The topological polar surface area (TPSA) is 20.2 Å². The normalized spacial score (nSPS) is 14.9. The highest BCUT2D eigenvalue weighted by atomic mass is 28.3. The molecule has 0 saturated heterocycles. The van der Waals surface area contributed by atoms with Crippen molar-refractivity contribution in [1.29, 1.82) is 0 Å². The first-order valence-corrected chi connectivity index (χ1v) is 9.48. The van der Waals surface area contributed by atoms with Crippen LogP contribution < -0.4 is 0 Å². The number of aliphatic hydroxyl groups excluding tert-OH is 1. The van der Waals surface area contributed by atoms with Crippen LogP contribution in [0.4, 0.5) is 0 Å². The Kier molecular flexibility index (Phi) is 4.51. The predicted molar refractivity (Wildman–Crippen MR) is 74.1 cm³/mol. The lowest BCUT2D eigenvalue weighted by molar-refractivity contribution is 0.228. The third-order valence-corrected chi connectivity index (χ3v) is 3.62. The van der Waals surface area contributed by atoms with E-state index in [9.17, 15) is 5.11 Å². The van der Waals surface area contributed by atoms with Gasteiger partial charge in [-0.1, -0.05) is 62.6 Å². The predicted octanol–water partition coefficient (Wildman–Crippen LogP) is 3.72. The van der Waals surface area contributed by atoms with Crippen LogP contribution in [-0.2, 0) is 0 Å². The van der Waals surface area contributed by atoms with E-state index in [2.05, 4.69) is 37.5 Å². The average molecular weight is 234 g/mol. The highest BCUT2D eigenvalue weighted by molar-refractivity contribution is 6.81. The lowest BCUT2D eigenvalue weighted by Gasteiger charge is -2.19. The summed E-state index contributed by atoms with van der Waals surface area (Å²) in [4.78, 5) is 0. The largest absolute Gasteiger partial charge is 0.388 e. The van der Waals surface area contributed by atoms with Crippen LogP contribution in [0.5, 0.6) is 0 Å². The van der Waals surface area contributed by atoms with Gasteiger partial charge in [0, 0.05) is 0 Å². The molecule has 1 unspecified atom stereocenters. The Balaban J connectivity index is 3.12. The number of benzene rings is 1. The molecule has 1 aromatic carbocycles. The summed E-state index contributed by atoms with van der Waals surface area (Å²) in [5.41, 5.74) is 4.55. The number of hydrogen-bond acceptors (Lipinski definition) is 1. The molecule has 0 amide bonds. The average Bonchev–Trinajstić information content (AvgIpc) is 2.25. The molecule has 1 atom stereocenters. The second-order valence-electron chi connectivity index (χ2n) is 5.26. The second-order valence-corrected chi connectivity index (χ2v) is 10.3. The Morgan fingerprint density at radius 3 is 2.25 bits per heavy atom. The second kappa shape index (κ2) is 5.46. The lowest BCUT2D eigenvalue weighted by Crippen LogP contribution is -2.20. The molecule has 1 rings (SSSR count). The molecular formula is C14H22OSi. The Hall–Kier alpha value is -0.863. The van der Waals surface area contributed by atoms with Crippen LogP contribution in [0.15, 0.2) is 36.0 Å². The number of rotatable bonds is 4. The van der Waals surface area contributed by atoms with Gasteiger partial charge >= 0.3 is 0 Å². The number of hydrogen-bond donors (Lipinski definition) is 1. The monoisotopic (exact) mass is 234 g/mol. The summed E-state index contributed by atoms with van der Waals surface area (Å²) >= 11 is 0.